The Morgan fingerprint density at radius 1 is 1.17 bits per heavy atom. The Hall–Kier alpha value is -2.04. The molecule has 1 aromatic carbocycles. The van der Waals surface area contributed by atoms with E-state index < -0.39 is 23.8 Å². The summed E-state index contributed by atoms with van der Waals surface area (Å²) < 4.78 is 6.43. The van der Waals surface area contributed by atoms with Crippen LogP contribution in [0.2, 0.25) is 0 Å². The number of rotatable bonds is 9. The predicted octanol–water partition coefficient (Wildman–Crippen LogP) is 3.90. The van der Waals surface area contributed by atoms with Crippen molar-refractivity contribution in [2.24, 2.45) is 0 Å². The zero-order chi connectivity index (χ0) is 21.4. The van der Waals surface area contributed by atoms with Crippen LogP contribution in [0, 0.1) is 0 Å². The second-order valence-corrected chi connectivity index (χ2v) is 8.50. The summed E-state index contributed by atoms with van der Waals surface area (Å²) in [6.45, 7) is 0. The quantitative estimate of drug-likeness (QED) is 0.412. The maximum Gasteiger partial charge on any atom is 0.326 e. The third-order valence-electron chi connectivity index (χ3n) is 3.68. The van der Waals surface area contributed by atoms with E-state index in [0.29, 0.717) is 16.0 Å². The van der Waals surface area contributed by atoms with Crippen molar-refractivity contribution in [1.29, 1.82) is 0 Å². The van der Waals surface area contributed by atoms with Gasteiger partial charge in [-0.3, -0.25) is 9.59 Å². The number of hydrogen-bond donors (Lipinski definition) is 3. The van der Waals surface area contributed by atoms with Gasteiger partial charge in [-0.15, -0.1) is 0 Å². The van der Waals surface area contributed by atoms with Crippen LogP contribution >= 0.6 is 43.6 Å². The molecule has 0 spiro atoms. The zero-order valence-corrected chi connectivity index (χ0v) is 19.3. The third-order valence-corrected chi connectivity index (χ3v) is 5.28. The van der Waals surface area contributed by atoms with Gasteiger partial charge in [-0.25, -0.2) is 4.79 Å². The van der Waals surface area contributed by atoms with Crippen LogP contribution in [0.15, 0.2) is 55.7 Å². The number of carbonyl (C=O) groups excluding carboxylic acids is 2. The van der Waals surface area contributed by atoms with Crippen molar-refractivity contribution in [3.05, 3.63) is 62.6 Å². The fourth-order valence-electron chi connectivity index (χ4n) is 2.23. The highest BCUT2D eigenvalue weighted by atomic mass is 79.9. The number of furan rings is 1. The van der Waals surface area contributed by atoms with E-state index in [4.69, 9.17) is 4.42 Å². The van der Waals surface area contributed by atoms with Crippen LogP contribution in [0.4, 0.5) is 0 Å². The number of hydrogen-bond acceptors (Lipinski definition) is 5. The molecule has 154 valence electrons. The normalized spacial score (nSPS) is 12.3. The van der Waals surface area contributed by atoms with Crippen LogP contribution < -0.4 is 10.6 Å². The number of aliphatic carboxylic acids is 1. The van der Waals surface area contributed by atoms with E-state index in [1.54, 1.807) is 30.3 Å². The fraction of sp³-hybridized carbons (Fsp3) is 0.211. The van der Waals surface area contributed by atoms with Gasteiger partial charge in [0, 0.05) is 4.47 Å². The van der Waals surface area contributed by atoms with Gasteiger partial charge < -0.3 is 20.2 Å². The molecule has 1 atom stereocenters. The van der Waals surface area contributed by atoms with Crippen molar-refractivity contribution in [2.45, 2.75) is 12.5 Å². The molecule has 10 heteroatoms. The lowest BCUT2D eigenvalue weighted by Crippen LogP contribution is -2.44. The first-order valence-electron chi connectivity index (χ1n) is 8.36. The molecular formula is C19H18Br2N2O5S. The summed E-state index contributed by atoms with van der Waals surface area (Å²) in [6.07, 6.45) is 3.57. The third kappa shape index (κ3) is 7.37. The molecule has 0 aliphatic heterocycles. The highest BCUT2D eigenvalue weighted by molar-refractivity contribution is 9.10. The number of carbonyl (C=O) groups is 3. The molecule has 1 heterocycles. The molecule has 3 N–H and O–H groups in total. The average Bonchev–Trinajstić information content (AvgIpc) is 3.12. The van der Waals surface area contributed by atoms with Crippen molar-refractivity contribution in [2.75, 3.05) is 12.0 Å². The van der Waals surface area contributed by atoms with Crippen LogP contribution in [0.3, 0.4) is 0 Å². The van der Waals surface area contributed by atoms with Crippen molar-refractivity contribution >= 4 is 67.5 Å². The summed E-state index contributed by atoms with van der Waals surface area (Å²) in [4.78, 5) is 36.6. The summed E-state index contributed by atoms with van der Waals surface area (Å²) in [7, 11) is 0. The van der Waals surface area contributed by atoms with E-state index >= 15 is 0 Å². The van der Waals surface area contributed by atoms with Crippen LogP contribution in [0.5, 0.6) is 0 Å². The summed E-state index contributed by atoms with van der Waals surface area (Å²) in [6, 6.07) is 8.99. The Balaban J connectivity index is 2.27. The van der Waals surface area contributed by atoms with Crippen LogP contribution in [0.1, 0.15) is 22.5 Å². The summed E-state index contributed by atoms with van der Waals surface area (Å²) in [5.41, 5.74) is 0.551. The van der Waals surface area contributed by atoms with Crippen LogP contribution in [-0.4, -0.2) is 40.9 Å². The molecule has 1 aromatic heterocycles. The average molecular weight is 546 g/mol. The lowest BCUT2D eigenvalue weighted by molar-refractivity contribution is -0.141. The molecular weight excluding hydrogens is 528 g/mol. The first-order chi connectivity index (χ1) is 13.8. The Labute approximate surface area is 188 Å². The molecule has 0 radical (unpaired) electrons. The molecule has 2 amide bonds. The van der Waals surface area contributed by atoms with Gasteiger partial charge in [-0.05, 0) is 70.3 Å². The van der Waals surface area contributed by atoms with E-state index in [1.807, 2.05) is 6.26 Å². The fourth-order valence-corrected chi connectivity index (χ4v) is 3.28. The van der Waals surface area contributed by atoms with E-state index in [0.717, 1.165) is 4.47 Å². The Morgan fingerprint density at radius 2 is 1.86 bits per heavy atom. The first-order valence-corrected chi connectivity index (χ1v) is 11.3. The Kier molecular flexibility index (Phi) is 8.99. The van der Waals surface area contributed by atoms with Gasteiger partial charge in [0.15, 0.2) is 10.4 Å². The molecule has 2 rings (SSSR count). The maximum atomic E-state index is 12.8. The van der Waals surface area contributed by atoms with Crippen LogP contribution in [-0.2, 0) is 9.59 Å². The highest BCUT2D eigenvalue weighted by Gasteiger charge is 2.23. The number of halogens is 2. The van der Waals surface area contributed by atoms with Gasteiger partial charge >= 0.3 is 5.97 Å². The molecule has 0 saturated heterocycles. The lowest BCUT2D eigenvalue weighted by Gasteiger charge is -2.16. The van der Waals surface area contributed by atoms with Crippen LogP contribution in [0.25, 0.3) is 6.08 Å². The van der Waals surface area contributed by atoms with E-state index in [9.17, 15) is 19.5 Å². The van der Waals surface area contributed by atoms with Gasteiger partial charge in [0.05, 0.1) is 0 Å². The molecule has 2 aromatic rings. The minimum atomic E-state index is -1.14. The largest absolute Gasteiger partial charge is 0.480 e. The van der Waals surface area contributed by atoms with Crippen molar-refractivity contribution in [1.82, 2.24) is 10.6 Å². The topological polar surface area (TPSA) is 109 Å². The summed E-state index contributed by atoms with van der Waals surface area (Å²) in [5, 5.41) is 14.3. The first kappa shape index (κ1) is 23.2. The molecule has 29 heavy (non-hydrogen) atoms. The number of carboxylic acids is 1. The van der Waals surface area contributed by atoms with Gasteiger partial charge in [0.1, 0.15) is 11.7 Å². The van der Waals surface area contributed by atoms with Crippen molar-refractivity contribution in [3.8, 4) is 0 Å². The number of carboxylic acid groups (broad SMARTS) is 1. The maximum absolute atomic E-state index is 12.8. The molecule has 0 saturated carbocycles. The van der Waals surface area contributed by atoms with Gasteiger partial charge in [0.25, 0.3) is 11.8 Å². The van der Waals surface area contributed by atoms with E-state index in [-0.39, 0.29) is 17.9 Å². The minimum absolute atomic E-state index is 0.00329. The van der Waals surface area contributed by atoms with Crippen molar-refractivity contribution < 1.29 is 23.9 Å². The predicted molar refractivity (Wildman–Crippen MR) is 119 cm³/mol. The SMILES string of the molecule is CSCCC(NC(=O)/C(=C/c1ccc(Br)cc1)NC(=O)c1ccc(Br)o1)C(=O)O. The van der Waals surface area contributed by atoms with E-state index in [1.165, 1.54) is 23.9 Å². The number of amides is 2. The van der Waals surface area contributed by atoms with Gasteiger partial charge in [-0.1, -0.05) is 28.1 Å². The number of nitrogens with one attached hydrogen (secondary N) is 2. The minimum Gasteiger partial charge on any atom is -0.480 e. The molecule has 0 aliphatic carbocycles. The van der Waals surface area contributed by atoms with Crippen molar-refractivity contribution in [3.63, 3.8) is 0 Å². The second-order valence-electron chi connectivity index (χ2n) is 5.81. The monoisotopic (exact) mass is 544 g/mol. The Bertz CT molecular complexity index is 912. The lowest BCUT2D eigenvalue weighted by atomic mass is 10.1. The van der Waals surface area contributed by atoms with E-state index in [2.05, 4.69) is 42.5 Å². The molecule has 7 nitrogen and oxygen atoms in total. The summed E-state index contributed by atoms with van der Waals surface area (Å²) in [5.74, 6) is -1.92. The van der Waals surface area contributed by atoms with Gasteiger partial charge in [-0.2, -0.15) is 11.8 Å². The molecule has 0 aliphatic rings. The standard InChI is InChI=1S/C19H18Br2N2O5S/c1-29-9-8-13(19(26)27)22-17(24)14(10-11-2-4-12(20)5-3-11)23-18(25)15-6-7-16(21)28-15/h2-7,10,13H,8-9H2,1H3,(H,22,24)(H,23,25)(H,26,27)/b14-10-. The number of thioether (sulfide) groups is 1. The summed E-state index contributed by atoms with van der Waals surface area (Å²) >= 11 is 7.93. The molecule has 0 fully saturated rings. The second kappa shape index (κ2) is 11.2. The molecule has 1 unspecified atom stereocenters. The van der Waals surface area contributed by atoms with Gasteiger partial charge in [0.2, 0.25) is 0 Å². The molecule has 0 bridgehead atoms. The highest BCUT2D eigenvalue weighted by Crippen LogP contribution is 2.16. The Morgan fingerprint density at radius 3 is 2.41 bits per heavy atom. The smallest absolute Gasteiger partial charge is 0.326 e. The number of benzene rings is 1. The zero-order valence-electron chi connectivity index (χ0n) is 15.3.